The SMILES string of the molecule is O=C1Nc2ccc(Br)cc2/C1=C\c1ccccc1. The highest BCUT2D eigenvalue weighted by molar-refractivity contribution is 9.10. The lowest BCUT2D eigenvalue weighted by molar-refractivity contribution is -0.110. The number of carbonyl (C=O) groups is 1. The van der Waals surface area contributed by atoms with Crippen molar-refractivity contribution in [3.63, 3.8) is 0 Å². The molecule has 0 spiro atoms. The second kappa shape index (κ2) is 4.42. The van der Waals surface area contributed by atoms with Crippen LogP contribution in [0.2, 0.25) is 0 Å². The fourth-order valence-corrected chi connectivity index (χ4v) is 2.38. The third-order valence-electron chi connectivity index (χ3n) is 2.88. The average Bonchev–Trinajstić information content (AvgIpc) is 2.67. The lowest BCUT2D eigenvalue weighted by Crippen LogP contribution is -2.03. The van der Waals surface area contributed by atoms with Gasteiger partial charge >= 0.3 is 0 Å². The number of halogens is 1. The highest BCUT2D eigenvalue weighted by Gasteiger charge is 2.23. The Bertz CT molecular complexity index is 647. The monoisotopic (exact) mass is 299 g/mol. The standard InChI is InChI=1S/C15H10BrNO/c16-11-6-7-14-12(9-11)13(15(18)17-14)8-10-4-2-1-3-5-10/h1-9H,(H,17,18)/b13-8+. The quantitative estimate of drug-likeness (QED) is 0.794. The van der Waals surface area contributed by atoms with Gasteiger partial charge in [0.1, 0.15) is 0 Å². The Hall–Kier alpha value is -1.87. The maximum Gasteiger partial charge on any atom is 0.256 e. The highest BCUT2D eigenvalue weighted by atomic mass is 79.9. The molecule has 2 nitrogen and oxygen atoms in total. The van der Waals surface area contributed by atoms with Crippen molar-refractivity contribution in [2.45, 2.75) is 0 Å². The second-order valence-corrected chi connectivity index (χ2v) is 5.03. The van der Waals surface area contributed by atoms with Crippen LogP contribution in [0.15, 0.2) is 53.0 Å². The van der Waals surface area contributed by atoms with Crippen LogP contribution in [-0.4, -0.2) is 5.91 Å². The first-order valence-corrected chi connectivity index (χ1v) is 6.41. The fraction of sp³-hybridized carbons (Fsp3) is 0. The number of nitrogens with one attached hydrogen (secondary N) is 1. The average molecular weight is 300 g/mol. The van der Waals surface area contributed by atoms with E-state index in [0.29, 0.717) is 5.57 Å². The van der Waals surface area contributed by atoms with Crippen molar-refractivity contribution in [2.24, 2.45) is 0 Å². The van der Waals surface area contributed by atoms with Gasteiger partial charge in [0.05, 0.1) is 0 Å². The van der Waals surface area contributed by atoms with Gasteiger partial charge in [-0.25, -0.2) is 0 Å². The molecular weight excluding hydrogens is 290 g/mol. The minimum atomic E-state index is -0.0491. The number of hydrogen-bond acceptors (Lipinski definition) is 1. The molecule has 2 aromatic carbocycles. The second-order valence-electron chi connectivity index (χ2n) is 4.11. The van der Waals surface area contributed by atoms with E-state index in [9.17, 15) is 4.79 Å². The summed E-state index contributed by atoms with van der Waals surface area (Å²) < 4.78 is 0.969. The molecule has 3 rings (SSSR count). The van der Waals surface area contributed by atoms with E-state index in [1.807, 2.05) is 54.6 Å². The zero-order valence-electron chi connectivity index (χ0n) is 9.48. The third-order valence-corrected chi connectivity index (χ3v) is 3.37. The van der Waals surface area contributed by atoms with Gasteiger partial charge in [-0.1, -0.05) is 46.3 Å². The van der Waals surface area contributed by atoms with E-state index in [4.69, 9.17) is 0 Å². The molecule has 0 bridgehead atoms. The van der Waals surface area contributed by atoms with E-state index in [0.717, 1.165) is 21.3 Å². The van der Waals surface area contributed by atoms with Gasteiger partial charge in [-0.3, -0.25) is 4.79 Å². The van der Waals surface area contributed by atoms with Gasteiger partial charge < -0.3 is 5.32 Å². The van der Waals surface area contributed by atoms with Gasteiger partial charge in [0.2, 0.25) is 0 Å². The summed E-state index contributed by atoms with van der Waals surface area (Å²) in [5, 5.41) is 2.87. The predicted molar refractivity (Wildman–Crippen MR) is 77.1 cm³/mol. The first-order chi connectivity index (χ1) is 8.74. The van der Waals surface area contributed by atoms with Crippen LogP contribution in [0.25, 0.3) is 11.6 Å². The number of benzene rings is 2. The highest BCUT2D eigenvalue weighted by Crippen LogP contribution is 2.34. The van der Waals surface area contributed by atoms with E-state index in [1.54, 1.807) is 0 Å². The maximum absolute atomic E-state index is 12.0. The van der Waals surface area contributed by atoms with Crippen LogP contribution in [0, 0.1) is 0 Å². The third kappa shape index (κ3) is 1.97. The number of amides is 1. The Balaban J connectivity index is 2.12. The molecule has 0 aliphatic carbocycles. The summed E-state index contributed by atoms with van der Waals surface area (Å²) >= 11 is 3.43. The van der Waals surface area contributed by atoms with E-state index >= 15 is 0 Å². The molecule has 0 atom stereocenters. The first-order valence-electron chi connectivity index (χ1n) is 5.62. The first kappa shape index (κ1) is 11.2. The normalized spacial score (nSPS) is 15.6. The summed E-state index contributed by atoms with van der Waals surface area (Å²) in [4.78, 5) is 12.0. The van der Waals surface area contributed by atoms with E-state index < -0.39 is 0 Å². The number of hydrogen-bond donors (Lipinski definition) is 1. The predicted octanol–water partition coefficient (Wildman–Crippen LogP) is 3.94. The zero-order chi connectivity index (χ0) is 12.5. The smallest absolute Gasteiger partial charge is 0.256 e. The topological polar surface area (TPSA) is 29.1 Å². The van der Waals surface area contributed by atoms with Crippen LogP contribution in [0.3, 0.4) is 0 Å². The van der Waals surface area contributed by atoms with Gasteiger partial charge in [0, 0.05) is 21.3 Å². The van der Waals surface area contributed by atoms with Crippen molar-refractivity contribution in [3.05, 3.63) is 64.1 Å². The van der Waals surface area contributed by atoms with Gasteiger partial charge in [-0.15, -0.1) is 0 Å². The molecule has 2 aromatic rings. The van der Waals surface area contributed by atoms with Crippen molar-refractivity contribution in [3.8, 4) is 0 Å². The molecule has 3 heteroatoms. The molecule has 1 amide bonds. The molecule has 0 unspecified atom stereocenters. The Morgan fingerprint density at radius 1 is 1.06 bits per heavy atom. The van der Waals surface area contributed by atoms with Crippen molar-refractivity contribution >= 4 is 39.2 Å². The molecule has 18 heavy (non-hydrogen) atoms. The minimum absolute atomic E-state index is 0.0491. The summed E-state index contributed by atoms with van der Waals surface area (Å²) in [6.45, 7) is 0. The van der Waals surface area contributed by atoms with E-state index in [1.165, 1.54) is 0 Å². The summed E-state index contributed by atoms with van der Waals surface area (Å²) in [5.41, 5.74) is 3.54. The Labute approximate surface area is 113 Å². The van der Waals surface area contributed by atoms with Crippen LogP contribution in [0.4, 0.5) is 5.69 Å². The van der Waals surface area contributed by atoms with E-state index in [-0.39, 0.29) is 5.91 Å². The molecule has 0 aromatic heterocycles. The largest absolute Gasteiger partial charge is 0.321 e. The fourth-order valence-electron chi connectivity index (χ4n) is 2.02. The molecule has 0 fully saturated rings. The van der Waals surface area contributed by atoms with Crippen molar-refractivity contribution in [2.75, 3.05) is 5.32 Å². The van der Waals surface area contributed by atoms with Gasteiger partial charge in [-0.05, 0) is 29.8 Å². The van der Waals surface area contributed by atoms with Crippen molar-refractivity contribution < 1.29 is 4.79 Å². The zero-order valence-corrected chi connectivity index (χ0v) is 11.1. The van der Waals surface area contributed by atoms with Crippen LogP contribution < -0.4 is 5.32 Å². The molecule has 0 saturated heterocycles. The molecule has 1 aliphatic rings. The summed E-state index contributed by atoms with van der Waals surface area (Å²) in [6.07, 6.45) is 1.91. The van der Waals surface area contributed by atoms with Crippen LogP contribution >= 0.6 is 15.9 Å². The van der Waals surface area contributed by atoms with Gasteiger partial charge in [-0.2, -0.15) is 0 Å². The maximum atomic E-state index is 12.0. The Morgan fingerprint density at radius 3 is 2.61 bits per heavy atom. The van der Waals surface area contributed by atoms with Crippen molar-refractivity contribution in [1.82, 2.24) is 0 Å². The molecule has 1 aliphatic heterocycles. The molecule has 1 N–H and O–H groups in total. The lowest BCUT2D eigenvalue weighted by atomic mass is 10.0. The number of carbonyl (C=O) groups excluding carboxylic acids is 1. The van der Waals surface area contributed by atoms with Gasteiger partial charge in [0.15, 0.2) is 0 Å². The Morgan fingerprint density at radius 2 is 1.83 bits per heavy atom. The lowest BCUT2D eigenvalue weighted by Gasteiger charge is -1.99. The number of anilines is 1. The number of rotatable bonds is 1. The summed E-state index contributed by atoms with van der Waals surface area (Å²) in [5.74, 6) is -0.0491. The number of fused-ring (bicyclic) bond motifs is 1. The van der Waals surface area contributed by atoms with Crippen LogP contribution in [0.5, 0.6) is 0 Å². The summed E-state index contributed by atoms with van der Waals surface area (Å²) in [7, 11) is 0. The van der Waals surface area contributed by atoms with Gasteiger partial charge in [0.25, 0.3) is 5.91 Å². The molecule has 0 saturated carbocycles. The molecule has 1 heterocycles. The summed E-state index contributed by atoms with van der Waals surface area (Å²) in [6, 6.07) is 15.6. The molecule has 0 radical (unpaired) electrons. The van der Waals surface area contributed by atoms with E-state index in [2.05, 4.69) is 21.2 Å². The van der Waals surface area contributed by atoms with Crippen LogP contribution in [-0.2, 0) is 4.79 Å². The molecule has 88 valence electrons. The van der Waals surface area contributed by atoms with Crippen LogP contribution in [0.1, 0.15) is 11.1 Å². The Kier molecular flexibility index (Phi) is 2.76. The minimum Gasteiger partial charge on any atom is -0.321 e. The molecular formula is C15H10BrNO. The van der Waals surface area contributed by atoms with Crippen molar-refractivity contribution in [1.29, 1.82) is 0 Å².